The topological polar surface area (TPSA) is 74.3 Å². The second-order valence-electron chi connectivity index (χ2n) is 9.14. The molecule has 174 valence electrons. The minimum atomic E-state index is -0.468. The van der Waals surface area contributed by atoms with E-state index in [2.05, 4.69) is 0 Å². The molecule has 31 heavy (non-hydrogen) atoms. The highest BCUT2D eigenvalue weighted by Crippen LogP contribution is 2.38. The van der Waals surface area contributed by atoms with Crippen molar-refractivity contribution in [3.05, 3.63) is 17.7 Å². The maximum absolute atomic E-state index is 12.7. The molecule has 0 aliphatic carbocycles. The molecule has 1 amide bonds. The number of esters is 1. The number of rotatable bonds is 9. The van der Waals surface area contributed by atoms with Gasteiger partial charge >= 0.3 is 5.97 Å². The van der Waals surface area contributed by atoms with Crippen LogP contribution in [0.15, 0.2) is 12.1 Å². The lowest BCUT2D eigenvalue weighted by molar-refractivity contribution is -0.157. The summed E-state index contributed by atoms with van der Waals surface area (Å²) in [6.07, 6.45) is 4.32. The summed E-state index contributed by atoms with van der Waals surface area (Å²) < 4.78 is 21.7. The number of amides is 1. The van der Waals surface area contributed by atoms with E-state index in [1.165, 1.54) is 0 Å². The molecule has 0 N–H and O–H groups in total. The maximum atomic E-state index is 12.7. The molecule has 0 bridgehead atoms. The maximum Gasteiger partial charge on any atom is 0.328 e. The van der Waals surface area contributed by atoms with E-state index in [1.807, 2.05) is 32.9 Å². The molecule has 1 fully saturated rings. The summed E-state index contributed by atoms with van der Waals surface area (Å²) >= 11 is 0. The molecule has 0 radical (unpaired) electrons. The largest absolute Gasteiger partial charge is 0.493 e. The first-order valence-corrected chi connectivity index (χ1v) is 10.9. The average Bonchev–Trinajstić information content (AvgIpc) is 2.74. The van der Waals surface area contributed by atoms with Crippen molar-refractivity contribution in [3.8, 4) is 17.2 Å². The van der Waals surface area contributed by atoms with Gasteiger partial charge in [-0.2, -0.15) is 0 Å². The van der Waals surface area contributed by atoms with Crippen LogP contribution >= 0.6 is 0 Å². The summed E-state index contributed by atoms with van der Waals surface area (Å²) in [6.45, 7) is 7.02. The summed E-state index contributed by atoms with van der Waals surface area (Å²) in [6, 6.07) is 3.33. The van der Waals surface area contributed by atoms with Crippen molar-refractivity contribution in [1.29, 1.82) is 0 Å². The SMILES string of the molecule is COc1cc(CCCOC(=O)[C@@H]2CCCCN2C(=O)CC(C)(C)C)cc(OC)c1OC. The van der Waals surface area contributed by atoms with Gasteiger partial charge in [0.05, 0.1) is 27.9 Å². The number of benzene rings is 1. The molecule has 1 aromatic carbocycles. The fourth-order valence-corrected chi connectivity index (χ4v) is 3.86. The van der Waals surface area contributed by atoms with Gasteiger partial charge in [0.25, 0.3) is 0 Å². The average molecular weight is 436 g/mol. The van der Waals surface area contributed by atoms with Crippen molar-refractivity contribution in [2.24, 2.45) is 5.41 Å². The summed E-state index contributed by atoms with van der Waals surface area (Å²) in [5.41, 5.74) is 0.897. The number of methoxy groups -OCH3 is 3. The van der Waals surface area contributed by atoms with Crippen LogP contribution in [0.3, 0.4) is 0 Å². The van der Waals surface area contributed by atoms with E-state index in [-0.39, 0.29) is 17.3 Å². The number of piperidine rings is 1. The number of hydrogen-bond acceptors (Lipinski definition) is 6. The van der Waals surface area contributed by atoms with E-state index in [0.717, 1.165) is 18.4 Å². The minimum Gasteiger partial charge on any atom is -0.493 e. The van der Waals surface area contributed by atoms with Gasteiger partial charge in [-0.3, -0.25) is 4.79 Å². The summed E-state index contributed by atoms with van der Waals surface area (Å²) in [4.78, 5) is 27.1. The highest BCUT2D eigenvalue weighted by molar-refractivity contribution is 5.85. The first-order chi connectivity index (χ1) is 14.7. The van der Waals surface area contributed by atoms with Gasteiger partial charge in [-0.1, -0.05) is 20.8 Å². The number of carbonyl (C=O) groups is 2. The number of aryl methyl sites for hydroxylation is 1. The monoisotopic (exact) mass is 435 g/mol. The van der Waals surface area contributed by atoms with E-state index in [1.54, 1.807) is 26.2 Å². The zero-order valence-corrected chi connectivity index (χ0v) is 19.8. The fourth-order valence-electron chi connectivity index (χ4n) is 3.86. The Balaban J connectivity index is 1.91. The van der Waals surface area contributed by atoms with E-state index in [0.29, 0.717) is 56.1 Å². The second kappa shape index (κ2) is 11.3. The van der Waals surface area contributed by atoms with Gasteiger partial charge in [-0.15, -0.1) is 0 Å². The molecule has 7 heteroatoms. The van der Waals surface area contributed by atoms with Gasteiger partial charge in [0, 0.05) is 13.0 Å². The predicted octanol–water partition coefficient (Wildman–Crippen LogP) is 4.01. The van der Waals surface area contributed by atoms with Crippen molar-refractivity contribution in [1.82, 2.24) is 4.90 Å². The molecule has 1 heterocycles. The fraction of sp³-hybridized carbons (Fsp3) is 0.667. The first kappa shape index (κ1) is 24.8. The molecule has 1 aliphatic heterocycles. The first-order valence-electron chi connectivity index (χ1n) is 10.9. The number of nitrogens with zero attached hydrogens (tertiary/aromatic N) is 1. The Bertz CT molecular complexity index is 730. The molecule has 1 aromatic rings. The highest BCUT2D eigenvalue weighted by Gasteiger charge is 2.34. The highest BCUT2D eigenvalue weighted by atomic mass is 16.5. The van der Waals surface area contributed by atoms with Gasteiger partial charge in [-0.05, 0) is 55.2 Å². The Morgan fingerprint density at radius 1 is 1.03 bits per heavy atom. The van der Waals surface area contributed by atoms with E-state index in [9.17, 15) is 9.59 Å². The lowest BCUT2D eigenvalue weighted by Gasteiger charge is -2.35. The van der Waals surface area contributed by atoms with Crippen LogP contribution in [-0.4, -0.2) is 57.3 Å². The summed E-state index contributed by atoms with van der Waals surface area (Å²) in [7, 11) is 4.74. The van der Waals surface area contributed by atoms with Crippen molar-refractivity contribution in [3.63, 3.8) is 0 Å². The number of hydrogen-bond donors (Lipinski definition) is 0. The van der Waals surface area contributed by atoms with Gasteiger partial charge in [-0.25, -0.2) is 4.79 Å². The van der Waals surface area contributed by atoms with Crippen LogP contribution in [0.1, 0.15) is 58.4 Å². The molecule has 1 saturated heterocycles. The molecule has 0 saturated carbocycles. The van der Waals surface area contributed by atoms with Crippen LogP contribution in [0.4, 0.5) is 0 Å². The quantitative estimate of drug-likeness (QED) is 0.431. The standard InChI is InChI=1S/C24H37NO6/c1-24(2,3)16-21(26)25-12-8-7-11-18(25)23(27)31-13-9-10-17-14-19(28-4)22(30-6)20(15-17)29-5/h14-15,18H,7-13,16H2,1-6H3/t18-/m0/s1. The van der Waals surface area contributed by atoms with Crippen LogP contribution in [0.2, 0.25) is 0 Å². The third-order valence-corrected chi connectivity index (χ3v) is 5.36. The molecular formula is C24H37NO6. The Hall–Kier alpha value is -2.44. The molecule has 0 spiro atoms. The van der Waals surface area contributed by atoms with E-state index < -0.39 is 6.04 Å². The van der Waals surface area contributed by atoms with Crippen LogP contribution in [0.25, 0.3) is 0 Å². The lowest BCUT2D eigenvalue weighted by atomic mass is 9.90. The molecule has 0 aromatic heterocycles. The summed E-state index contributed by atoms with van der Waals surface area (Å²) in [5, 5.41) is 0. The van der Waals surface area contributed by atoms with Crippen LogP contribution < -0.4 is 14.2 Å². The minimum absolute atomic E-state index is 0.0339. The van der Waals surface area contributed by atoms with Crippen molar-refractivity contribution < 1.29 is 28.5 Å². The lowest BCUT2D eigenvalue weighted by Crippen LogP contribution is -2.49. The smallest absolute Gasteiger partial charge is 0.328 e. The Morgan fingerprint density at radius 3 is 2.23 bits per heavy atom. The summed E-state index contributed by atoms with van der Waals surface area (Å²) in [5.74, 6) is 1.49. The Labute approximate surface area is 186 Å². The van der Waals surface area contributed by atoms with Crippen LogP contribution in [0.5, 0.6) is 17.2 Å². The molecule has 2 rings (SSSR count). The van der Waals surface area contributed by atoms with Gasteiger partial charge < -0.3 is 23.8 Å². The number of ether oxygens (including phenoxy) is 4. The third kappa shape index (κ3) is 7.04. The zero-order valence-electron chi connectivity index (χ0n) is 19.8. The van der Waals surface area contributed by atoms with E-state index >= 15 is 0 Å². The van der Waals surface area contributed by atoms with Gasteiger partial charge in [0.1, 0.15) is 6.04 Å². The Morgan fingerprint density at radius 2 is 1.68 bits per heavy atom. The van der Waals surface area contributed by atoms with Crippen molar-refractivity contribution in [2.75, 3.05) is 34.5 Å². The molecule has 7 nitrogen and oxygen atoms in total. The number of carbonyl (C=O) groups excluding carboxylic acids is 2. The third-order valence-electron chi connectivity index (χ3n) is 5.36. The number of likely N-dealkylation sites (tertiary alicyclic amines) is 1. The van der Waals surface area contributed by atoms with Crippen LogP contribution in [-0.2, 0) is 20.7 Å². The molecular weight excluding hydrogens is 398 g/mol. The second-order valence-corrected chi connectivity index (χ2v) is 9.14. The van der Waals surface area contributed by atoms with Gasteiger partial charge in [0.15, 0.2) is 11.5 Å². The zero-order chi connectivity index (χ0) is 23.0. The molecule has 0 unspecified atom stereocenters. The van der Waals surface area contributed by atoms with E-state index in [4.69, 9.17) is 18.9 Å². The molecule has 1 atom stereocenters. The molecule has 1 aliphatic rings. The predicted molar refractivity (Wildman–Crippen MR) is 119 cm³/mol. The van der Waals surface area contributed by atoms with Crippen molar-refractivity contribution >= 4 is 11.9 Å². The van der Waals surface area contributed by atoms with Gasteiger partial charge in [0.2, 0.25) is 11.7 Å². The Kier molecular flexibility index (Phi) is 9.01. The van der Waals surface area contributed by atoms with Crippen LogP contribution in [0, 0.1) is 5.41 Å². The normalized spacial score (nSPS) is 16.6. The van der Waals surface area contributed by atoms with Crippen molar-refractivity contribution in [2.45, 2.75) is 65.3 Å².